The zero-order chi connectivity index (χ0) is 19.6. The number of pyridine rings is 1. The number of hydrogen-bond donors (Lipinski definition) is 1. The van der Waals surface area contributed by atoms with Gasteiger partial charge in [-0.1, -0.05) is 48.8 Å². The van der Waals surface area contributed by atoms with Gasteiger partial charge >= 0.3 is 0 Å². The first kappa shape index (κ1) is 18.1. The highest BCUT2D eigenvalue weighted by molar-refractivity contribution is 7.10. The first-order valence-electron chi connectivity index (χ1n) is 10.0. The Bertz CT molecular complexity index is 1150. The van der Waals surface area contributed by atoms with Crippen molar-refractivity contribution >= 4 is 40.7 Å². The molecule has 6 heteroatoms. The lowest BCUT2D eigenvalue weighted by molar-refractivity contribution is 0.307. The van der Waals surface area contributed by atoms with E-state index >= 15 is 0 Å². The molecule has 3 aromatic rings. The monoisotopic (exact) mass is 402 g/mol. The molecule has 1 N–H and O–H groups in total. The van der Waals surface area contributed by atoms with Crippen LogP contribution in [0.1, 0.15) is 48.6 Å². The Balaban J connectivity index is 1.63. The molecule has 1 aliphatic heterocycles. The third-order valence-electron chi connectivity index (χ3n) is 5.49. The van der Waals surface area contributed by atoms with Crippen LogP contribution in [-0.2, 0) is 0 Å². The molecule has 5 rings (SSSR count). The summed E-state index contributed by atoms with van der Waals surface area (Å²) in [5, 5.41) is 11.2. The fourth-order valence-corrected chi connectivity index (χ4v) is 5.09. The van der Waals surface area contributed by atoms with Crippen LogP contribution in [0.15, 0.2) is 58.6 Å². The molecule has 29 heavy (non-hydrogen) atoms. The second-order valence-electron chi connectivity index (χ2n) is 7.41. The van der Waals surface area contributed by atoms with Crippen molar-refractivity contribution in [2.45, 2.75) is 38.1 Å². The highest BCUT2D eigenvalue weighted by Gasteiger charge is 2.23. The van der Waals surface area contributed by atoms with Crippen LogP contribution >= 0.6 is 11.3 Å². The summed E-state index contributed by atoms with van der Waals surface area (Å²) in [6.07, 6.45) is 11.4. The van der Waals surface area contributed by atoms with Gasteiger partial charge in [0.25, 0.3) is 0 Å². The Morgan fingerprint density at radius 1 is 1.07 bits per heavy atom. The van der Waals surface area contributed by atoms with Crippen molar-refractivity contribution in [3.8, 4) is 5.88 Å². The van der Waals surface area contributed by atoms with Crippen molar-refractivity contribution in [2.75, 3.05) is 0 Å². The maximum Gasteiger partial charge on any atom is 0.211 e. The lowest BCUT2D eigenvalue weighted by Crippen LogP contribution is -2.22. The topological polar surface area (TPSA) is 62.8 Å². The van der Waals surface area contributed by atoms with E-state index in [-0.39, 0.29) is 0 Å². The quantitative estimate of drug-likeness (QED) is 0.616. The first-order chi connectivity index (χ1) is 14.3. The van der Waals surface area contributed by atoms with E-state index < -0.39 is 0 Å². The number of aromatic hydroxyl groups is 1. The SMILES string of the molecule is Oc1c(/C=C2/C=Nc3ncccc32)sc(=Nc2ccccc2)n1C1CCCCC1. The van der Waals surface area contributed by atoms with Crippen molar-refractivity contribution in [1.82, 2.24) is 9.55 Å². The predicted molar refractivity (Wildman–Crippen MR) is 118 cm³/mol. The number of para-hydroxylation sites is 1. The molecule has 3 heterocycles. The molecule has 0 bridgehead atoms. The number of fused-ring (bicyclic) bond motifs is 1. The number of benzene rings is 1. The fourth-order valence-electron chi connectivity index (χ4n) is 4.04. The van der Waals surface area contributed by atoms with E-state index in [9.17, 15) is 5.11 Å². The minimum atomic E-state index is 0.292. The molecule has 2 aromatic heterocycles. The molecule has 5 nitrogen and oxygen atoms in total. The van der Waals surface area contributed by atoms with Gasteiger partial charge in [0.1, 0.15) is 0 Å². The molecule has 0 saturated heterocycles. The third-order valence-corrected chi connectivity index (χ3v) is 6.48. The van der Waals surface area contributed by atoms with Crippen LogP contribution in [0, 0.1) is 0 Å². The van der Waals surface area contributed by atoms with E-state index in [1.165, 1.54) is 30.6 Å². The second-order valence-corrected chi connectivity index (χ2v) is 8.42. The Morgan fingerprint density at radius 2 is 1.90 bits per heavy atom. The summed E-state index contributed by atoms with van der Waals surface area (Å²) in [7, 11) is 0. The zero-order valence-corrected chi connectivity index (χ0v) is 16.8. The number of thiazole rings is 1. The highest BCUT2D eigenvalue weighted by atomic mass is 32.1. The van der Waals surface area contributed by atoms with Crippen molar-refractivity contribution < 1.29 is 5.11 Å². The Morgan fingerprint density at radius 3 is 2.72 bits per heavy atom. The van der Waals surface area contributed by atoms with E-state index in [1.807, 2.05) is 59.3 Å². The zero-order valence-electron chi connectivity index (χ0n) is 16.0. The van der Waals surface area contributed by atoms with E-state index in [0.29, 0.717) is 11.9 Å². The van der Waals surface area contributed by atoms with E-state index in [0.717, 1.165) is 45.2 Å². The largest absolute Gasteiger partial charge is 0.493 e. The van der Waals surface area contributed by atoms with Gasteiger partial charge in [-0.2, -0.15) is 0 Å². The minimum absolute atomic E-state index is 0.292. The summed E-state index contributed by atoms with van der Waals surface area (Å²) in [5.74, 6) is 1.03. The van der Waals surface area contributed by atoms with Crippen LogP contribution in [0.4, 0.5) is 11.5 Å². The van der Waals surface area contributed by atoms with Crippen molar-refractivity contribution in [1.29, 1.82) is 0 Å². The molecular weight excluding hydrogens is 380 g/mol. The molecule has 2 aliphatic rings. The fraction of sp³-hybridized carbons (Fsp3) is 0.261. The van der Waals surface area contributed by atoms with Gasteiger partial charge in [-0.25, -0.2) is 15.0 Å². The predicted octanol–water partition coefficient (Wildman–Crippen LogP) is 5.64. The van der Waals surface area contributed by atoms with Crippen molar-refractivity contribution in [3.05, 3.63) is 63.9 Å². The van der Waals surface area contributed by atoms with Gasteiger partial charge in [-0.15, -0.1) is 0 Å². The van der Waals surface area contributed by atoms with Gasteiger partial charge in [0.2, 0.25) is 5.88 Å². The summed E-state index contributed by atoms with van der Waals surface area (Å²) in [6.45, 7) is 0. The molecule has 0 amide bonds. The van der Waals surface area contributed by atoms with Crippen LogP contribution in [0.3, 0.4) is 0 Å². The average molecular weight is 403 g/mol. The van der Waals surface area contributed by atoms with Crippen LogP contribution in [0.5, 0.6) is 5.88 Å². The summed E-state index contributed by atoms with van der Waals surface area (Å²) in [6, 6.07) is 14.2. The maximum absolute atomic E-state index is 11.2. The Hall–Kier alpha value is -2.99. The summed E-state index contributed by atoms with van der Waals surface area (Å²) in [5.41, 5.74) is 2.85. The second kappa shape index (κ2) is 7.79. The summed E-state index contributed by atoms with van der Waals surface area (Å²) >= 11 is 1.52. The van der Waals surface area contributed by atoms with Crippen LogP contribution in [0.2, 0.25) is 0 Å². The molecule has 0 radical (unpaired) electrons. The molecule has 1 aliphatic carbocycles. The lowest BCUT2D eigenvalue weighted by Gasteiger charge is -2.23. The van der Waals surface area contributed by atoms with Crippen LogP contribution in [0.25, 0.3) is 11.6 Å². The van der Waals surface area contributed by atoms with Crippen molar-refractivity contribution in [2.24, 2.45) is 9.98 Å². The van der Waals surface area contributed by atoms with Gasteiger partial charge < -0.3 is 5.11 Å². The van der Waals surface area contributed by atoms with Crippen molar-refractivity contribution in [3.63, 3.8) is 0 Å². The van der Waals surface area contributed by atoms with Gasteiger partial charge in [-0.05, 0) is 43.2 Å². The van der Waals surface area contributed by atoms with Gasteiger partial charge in [-0.3, -0.25) is 4.57 Å². The van der Waals surface area contributed by atoms with Crippen LogP contribution in [-0.4, -0.2) is 20.9 Å². The molecule has 0 atom stereocenters. The smallest absolute Gasteiger partial charge is 0.211 e. The third kappa shape index (κ3) is 3.56. The Kier molecular flexibility index (Phi) is 4.86. The highest BCUT2D eigenvalue weighted by Crippen LogP contribution is 2.36. The molecular formula is C23H22N4OS. The number of aliphatic imine (C=N–C) groups is 1. The number of aromatic nitrogens is 2. The van der Waals surface area contributed by atoms with E-state index in [1.54, 1.807) is 6.20 Å². The van der Waals surface area contributed by atoms with E-state index in [4.69, 9.17) is 4.99 Å². The minimum Gasteiger partial charge on any atom is -0.493 e. The van der Waals surface area contributed by atoms with Gasteiger partial charge in [0.15, 0.2) is 10.6 Å². The number of hydrogen-bond acceptors (Lipinski definition) is 5. The summed E-state index contributed by atoms with van der Waals surface area (Å²) in [4.78, 5) is 15.2. The Labute approximate surface area is 173 Å². The number of rotatable bonds is 3. The molecule has 146 valence electrons. The van der Waals surface area contributed by atoms with Gasteiger partial charge in [0.05, 0.1) is 10.6 Å². The lowest BCUT2D eigenvalue weighted by atomic mass is 9.95. The first-order valence-corrected chi connectivity index (χ1v) is 10.9. The van der Waals surface area contributed by atoms with Gasteiger partial charge in [0, 0.05) is 29.6 Å². The van der Waals surface area contributed by atoms with E-state index in [2.05, 4.69) is 9.98 Å². The summed E-state index contributed by atoms with van der Waals surface area (Å²) < 4.78 is 2.04. The normalized spacial score (nSPS) is 18.5. The number of allylic oxidation sites excluding steroid dienone is 1. The average Bonchev–Trinajstić information content (AvgIpc) is 3.31. The standard InChI is InChI=1S/C23H22N4OS/c28-22-20(14-16-15-25-21-19(16)12-7-13-24-21)29-23(26-17-8-3-1-4-9-17)27(22)18-10-5-2-6-11-18/h1,3-4,7-9,12-15,18,28H,2,5-6,10-11H2/b16-14-,26-23?. The number of nitrogens with zero attached hydrogens (tertiary/aromatic N) is 4. The molecule has 1 fully saturated rings. The molecule has 0 spiro atoms. The molecule has 0 unspecified atom stereocenters. The molecule has 1 aromatic carbocycles. The molecule has 1 saturated carbocycles. The van der Waals surface area contributed by atoms with Crippen LogP contribution < -0.4 is 4.80 Å². The maximum atomic E-state index is 11.2.